The van der Waals surface area contributed by atoms with Gasteiger partial charge < -0.3 is 4.74 Å². The maximum absolute atomic E-state index is 12.4. The molecule has 0 amide bonds. The quantitative estimate of drug-likeness (QED) is 0.747. The van der Waals surface area contributed by atoms with Crippen LogP contribution in [0.3, 0.4) is 0 Å². The summed E-state index contributed by atoms with van der Waals surface area (Å²) in [6, 6.07) is 3.02. The molecule has 0 saturated carbocycles. The lowest BCUT2D eigenvalue weighted by molar-refractivity contribution is 0.146. The molecule has 5 heteroatoms. The smallest absolute Gasteiger partial charge is 0.267 e. The first-order chi connectivity index (χ1) is 6.70. The molecule has 0 aromatic carbocycles. The normalized spacial score (nSPS) is 9.93. The number of methoxy groups -OCH3 is 1. The van der Waals surface area contributed by atoms with Crippen molar-refractivity contribution in [2.24, 2.45) is 0 Å². The van der Waals surface area contributed by atoms with Crippen LogP contribution in [0.4, 0.5) is 8.78 Å². The van der Waals surface area contributed by atoms with Gasteiger partial charge in [0, 0.05) is 6.20 Å². The van der Waals surface area contributed by atoms with E-state index in [-0.39, 0.29) is 23.4 Å². The molecule has 1 aromatic heterocycles. The fourth-order valence-electron chi connectivity index (χ4n) is 1.12. The third-order valence-corrected chi connectivity index (χ3v) is 1.69. The van der Waals surface area contributed by atoms with Crippen molar-refractivity contribution in [2.45, 2.75) is 12.8 Å². The van der Waals surface area contributed by atoms with Crippen LogP contribution in [0.1, 0.15) is 17.7 Å². The molecule has 1 aromatic rings. The van der Waals surface area contributed by atoms with Crippen LogP contribution >= 0.6 is 0 Å². The number of nitriles is 1. The van der Waals surface area contributed by atoms with Crippen LogP contribution in [0.5, 0.6) is 5.75 Å². The molecule has 0 saturated heterocycles. The number of ether oxygens (including phenoxy) is 1. The van der Waals surface area contributed by atoms with Crippen molar-refractivity contribution in [2.75, 3.05) is 7.11 Å². The Balaban J connectivity index is 3.19. The second-order valence-corrected chi connectivity index (χ2v) is 2.52. The Morgan fingerprint density at radius 2 is 2.36 bits per heavy atom. The van der Waals surface area contributed by atoms with Crippen molar-refractivity contribution in [3.8, 4) is 11.8 Å². The first-order valence-corrected chi connectivity index (χ1v) is 3.87. The number of rotatable bonds is 3. The van der Waals surface area contributed by atoms with Gasteiger partial charge in [-0.25, -0.2) is 8.78 Å². The minimum Gasteiger partial charge on any atom is -0.494 e. The Morgan fingerprint density at radius 3 is 2.86 bits per heavy atom. The van der Waals surface area contributed by atoms with Gasteiger partial charge in [-0.2, -0.15) is 5.26 Å². The number of hydrogen-bond acceptors (Lipinski definition) is 3. The fraction of sp³-hybridized carbons (Fsp3) is 0.333. The van der Waals surface area contributed by atoms with Crippen LogP contribution in [-0.2, 0) is 6.42 Å². The van der Waals surface area contributed by atoms with Gasteiger partial charge in [-0.3, -0.25) is 4.98 Å². The van der Waals surface area contributed by atoms with Gasteiger partial charge in [-0.1, -0.05) is 0 Å². The highest BCUT2D eigenvalue weighted by molar-refractivity contribution is 5.38. The molecule has 0 fully saturated rings. The molecule has 1 rings (SSSR count). The standard InChI is InChI=1S/C9H8F2N2O/c1-14-8-6(9(10)11)3-5-13-7(8)2-4-12/h3,5,9H,2H2,1H3. The molecule has 3 nitrogen and oxygen atoms in total. The van der Waals surface area contributed by atoms with Gasteiger partial charge in [0.05, 0.1) is 30.9 Å². The van der Waals surface area contributed by atoms with E-state index in [1.807, 2.05) is 6.07 Å². The van der Waals surface area contributed by atoms with Crippen LogP contribution in [-0.4, -0.2) is 12.1 Å². The topological polar surface area (TPSA) is 45.9 Å². The van der Waals surface area contributed by atoms with E-state index >= 15 is 0 Å². The molecular weight excluding hydrogens is 190 g/mol. The summed E-state index contributed by atoms with van der Waals surface area (Å²) in [6.45, 7) is 0. The molecule has 0 spiro atoms. The first-order valence-electron chi connectivity index (χ1n) is 3.87. The molecule has 0 N–H and O–H groups in total. The third kappa shape index (κ3) is 1.96. The van der Waals surface area contributed by atoms with E-state index in [1.54, 1.807) is 0 Å². The van der Waals surface area contributed by atoms with E-state index in [0.29, 0.717) is 0 Å². The molecule has 0 aliphatic carbocycles. The van der Waals surface area contributed by atoms with Gasteiger partial charge in [-0.05, 0) is 6.07 Å². The Bertz CT molecular complexity index is 360. The molecule has 0 bridgehead atoms. The van der Waals surface area contributed by atoms with Crippen molar-refractivity contribution in [3.05, 3.63) is 23.5 Å². The summed E-state index contributed by atoms with van der Waals surface area (Å²) >= 11 is 0. The largest absolute Gasteiger partial charge is 0.494 e. The predicted molar refractivity (Wildman–Crippen MR) is 45.1 cm³/mol. The van der Waals surface area contributed by atoms with Gasteiger partial charge in [0.2, 0.25) is 0 Å². The highest BCUT2D eigenvalue weighted by atomic mass is 19.3. The Morgan fingerprint density at radius 1 is 1.64 bits per heavy atom. The summed E-state index contributed by atoms with van der Waals surface area (Å²) in [5.41, 5.74) is 0.0144. The predicted octanol–water partition coefficient (Wildman–Crippen LogP) is 2.09. The molecule has 0 radical (unpaired) electrons. The average Bonchev–Trinajstić information content (AvgIpc) is 2.18. The molecule has 0 unspecified atom stereocenters. The second-order valence-electron chi connectivity index (χ2n) is 2.52. The van der Waals surface area contributed by atoms with E-state index in [9.17, 15) is 8.78 Å². The Hall–Kier alpha value is -1.70. The number of alkyl halides is 2. The zero-order valence-corrected chi connectivity index (χ0v) is 7.50. The monoisotopic (exact) mass is 198 g/mol. The SMILES string of the molecule is COc1c(C(F)F)ccnc1CC#N. The summed E-state index contributed by atoms with van der Waals surface area (Å²) in [5, 5.41) is 8.44. The Labute approximate surface area is 79.9 Å². The van der Waals surface area contributed by atoms with Crippen molar-refractivity contribution < 1.29 is 13.5 Å². The van der Waals surface area contributed by atoms with Crippen molar-refractivity contribution in [1.29, 1.82) is 5.26 Å². The third-order valence-electron chi connectivity index (χ3n) is 1.69. The summed E-state index contributed by atoms with van der Waals surface area (Å²) in [7, 11) is 1.28. The van der Waals surface area contributed by atoms with Crippen molar-refractivity contribution in [3.63, 3.8) is 0 Å². The minimum atomic E-state index is -2.62. The van der Waals surface area contributed by atoms with E-state index in [1.165, 1.54) is 19.4 Å². The van der Waals surface area contributed by atoms with E-state index in [2.05, 4.69) is 4.98 Å². The molecule has 0 aliphatic rings. The summed E-state index contributed by atoms with van der Waals surface area (Å²) in [6.07, 6.45) is -1.41. The maximum atomic E-state index is 12.4. The maximum Gasteiger partial charge on any atom is 0.267 e. The lowest BCUT2D eigenvalue weighted by Crippen LogP contribution is -1.99. The van der Waals surface area contributed by atoms with Crippen LogP contribution in [0.25, 0.3) is 0 Å². The number of nitrogens with zero attached hydrogens (tertiary/aromatic N) is 2. The highest BCUT2D eigenvalue weighted by Gasteiger charge is 2.17. The van der Waals surface area contributed by atoms with Crippen molar-refractivity contribution in [1.82, 2.24) is 4.98 Å². The van der Waals surface area contributed by atoms with Crippen LogP contribution in [0, 0.1) is 11.3 Å². The highest BCUT2D eigenvalue weighted by Crippen LogP contribution is 2.30. The first kappa shape index (κ1) is 10.4. The summed E-state index contributed by atoms with van der Waals surface area (Å²) in [5.74, 6) is 0.00375. The van der Waals surface area contributed by atoms with Gasteiger partial charge in [-0.15, -0.1) is 0 Å². The zero-order chi connectivity index (χ0) is 10.6. The molecule has 1 heterocycles. The van der Waals surface area contributed by atoms with Gasteiger partial charge >= 0.3 is 0 Å². The van der Waals surface area contributed by atoms with Crippen LogP contribution in [0.15, 0.2) is 12.3 Å². The molecular formula is C9H8F2N2O. The fourth-order valence-corrected chi connectivity index (χ4v) is 1.12. The average molecular weight is 198 g/mol. The number of hydrogen-bond donors (Lipinski definition) is 0. The minimum absolute atomic E-state index is 0.00375. The summed E-state index contributed by atoms with van der Waals surface area (Å²) < 4.78 is 29.7. The van der Waals surface area contributed by atoms with Crippen molar-refractivity contribution >= 4 is 0 Å². The molecule has 14 heavy (non-hydrogen) atoms. The second kappa shape index (κ2) is 4.51. The van der Waals surface area contributed by atoms with Gasteiger partial charge in [0.25, 0.3) is 6.43 Å². The number of halogens is 2. The van der Waals surface area contributed by atoms with Gasteiger partial charge in [0.1, 0.15) is 5.75 Å². The van der Waals surface area contributed by atoms with Crippen LogP contribution < -0.4 is 4.74 Å². The lowest BCUT2D eigenvalue weighted by Gasteiger charge is -2.09. The van der Waals surface area contributed by atoms with E-state index in [0.717, 1.165) is 0 Å². The number of aromatic nitrogens is 1. The zero-order valence-electron chi connectivity index (χ0n) is 7.50. The Kier molecular flexibility index (Phi) is 3.35. The van der Waals surface area contributed by atoms with Gasteiger partial charge in [0.15, 0.2) is 0 Å². The molecule has 74 valence electrons. The van der Waals surface area contributed by atoms with Crippen LogP contribution in [0.2, 0.25) is 0 Å². The summed E-state index contributed by atoms with van der Waals surface area (Å²) in [4.78, 5) is 3.80. The lowest BCUT2D eigenvalue weighted by atomic mass is 10.2. The van der Waals surface area contributed by atoms with E-state index < -0.39 is 6.43 Å². The molecule has 0 atom stereocenters. The number of pyridine rings is 1. The van der Waals surface area contributed by atoms with E-state index in [4.69, 9.17) is 10.00 Å². The molecule has 0 aliphatic heterocycles.